The van der Waals surface area contributed by atoms with Crippen molar-refractivity contribution in [3.63, 3.8) is 0 Å². The lowest BCUT2D eigenvalue weighted by molar-refractivity contribution is 0.0526. The standard InChI is InChI=1S/C19H22O3/c1-5-15-12(3)18(20)13(4)16(19(21)22-6-2)17(15)14-10-8-7-9-11-14/h7-11,20H,5-6H2,1-4H3. The van der Waals surface area contributed by atoms with Crippen molar-refractivity contribution in [2.24, 2.45) is 0 Å². The van der Waals surface area contributed by atoms with Gasteiger partial charge in [0.1, 0.15) is 5.75 Å². The Bertz CT molecular complexity index is 688. The van der Waals surface area contributed by atoms with Gasteiger partial charge in [-0.05, 0) is 43.9 Å². The van der Waals surface area contributed by atoms with Crippen LogP contribution in [0.5, 0.6) is 5.75 Å². The summed E-state index contributed by atoms with van der Waals surface area (Å²) in [6.07, 6.45) is 0.732. The number of carbonyl (C=O) groups excluding carboxylic acids is 1. The number of phenols is 1. The highest BCUT2D eigenvalue weighted by atomic mass is 16.5. The average molecular weight is 298 g/mol. The molecular formula is C19H22O3. The highest BCUT2D eigenvalue weighted by Gasteiger charge is 2.24. The van der Waals surface area contributed by atoms with Crippen LogP contribution < -0.4 is 0 Å². The van der Waals surface area contributed by atoms with Crippen LogP contribution in [0.25, 0.3) is 11.1 Å². The van der Waals surface area contributed by atoms with Gasteiger partial charge in [-0.1, -0.05) is 37.3 Å². The van der Waals surface area contributed by atoms with E-state index in [0.29, 0.717) is 17.7 Å². The summed E-state index contributed by atoms with van der Waals surface area (Å²) in [7, 11) is 0. The minimum Gasteiger partial charge on any atom is -0.507 e. The lowest BCUT2D eigenvalue weighted by Crippen LogP contribution is -2.12. The zero-order valence-electron chi connectivity index (χ0n) is 13.6. The Hall–Kier alpha value is -2.29. The minimum atomic E-state index is -0.385. The highest BCUT2D eigenvalue weighted by Crippen LogP contribution is 2.39. The average Bonchev–Trinajstić information content (AvgIpc) is 2.53. The SMILES string of the molecule is CCOC(=O)c1c(C)c(O)c(C)c(CC)c1-c1ccccc1. The smallest absolute Gasteiger partial charge is 0.339 e. The number of carbonyl (C=O) groups is 1. The molecule has 0 fully saturated rings. The summed E-state index contributed by atoms with van der Waals surface area (Å²) in [5.41, 5.74) is 4.69. The number of hydrogen-bond donors (Lipinski definition) is 1. The summed E-state index contributed by atoms with van der Waals surface area (Å²) < 4.78 is 5.22. The molecule has 0 saturated carbocycles. The summed E-state index contributed by atoms with van der Waals surface area (Å²) >= 11 is 0. The van der Waals surface area contributed by atoms with Crippen LogP contribution in [0.2, 0.25) is 0 Å². The summed E-state index contributed by atoms with van der Waals surface area (Å²) in [6, 6.07) is 9.79. The Morgan fingerprint density at radius 2 is 1.73 bits per heavy atom. The molecular weight excluding hydrogens is 276 g/mol. The monoisotopic (exact) mass is 298 g/mol. The van der Waals surface area contributed by atoms with Crippen molar-refractivity contribution < 1.29 is 14.6 Å². The molecule has 0 aliphatic heterocycles. The number of esters is 1. The molecule has 116 valence electrons. The van der Waals surface area contributed by atoms with Gasteiger partial charge in [0.25, 0.3) is 0 Å². The molecule has 1 N–H and O–H groups in total. The van der Waals surface area contributed by atoms with Gasteiger partial charge in [-0.15, -0.1) is 0 Å². The van der Waals surface area contributed by atoms with Crippen LogP contribution >= 0.6 is 0 Å². The molecule has 0 spiro atoms. The summed E-state index contributed by atoms with van der Waals surface area (Å²) in [6.45, 7) is 7.77. The van der Waals surface area contributed by atoms with Crippen molar-refractivity contribution in [2.75, 3.05) is 6.61 Å². The van der Waals surface area contributed by atoms with Gasteiger partial charge < -0.3 is 9.84 Å². The molecule has 0 aromatic heterocycles. The van der Waals surface area contributed by atoms with Crippen LogP contribution in [0.4, 0.5) is 0 Å². The Labute approximate surface area is 131 Å². The molecule has 2 aromatic carbocycles. The number of aromatic hydroxyl groups is 1. The first-order chi connectivity index (χ1) is 10.5. The Kier molecular flexibility index (Phi) is 4.86. The predicted molar refractivity (Wildman–Crippen MR) is 88.4 cm³/mol. The molecule has 3 heteroatoms. The molecule has 0 aliphatic rings. The third-order valence-corrected chi connectivity index (χ3v) is 3.99. The van der Waals surface area contributed by atoms with Gasteiger partial charge in [0.2, 0.25) is 0 Å². The Morgan fingerprint density at radius 1 is 1.09 bits per heavy atom. The number of rotatable bonds is 4. The fraction of sp³-hybridized carbons (Fsp3) is 0.316. The van der Waals surface area contributed by atoms with E-state index in [-0.39, 0.29) is 11.7 Å². The zero-order valence-corrected chi connectivity index (χ0v) is 13.6. The molecule has 2 rings (SSSR count). The first kappa shape index (κ1) is 16.1. The Balaban J connectivity index is 2.85. The van der Waals surface area contributed by atoms with Crippen LogP contribution in [-0.4, -0.2) is 17.7 Å². The third kappa shape index (κ3) is 2.71. The minimum absolute atomic E-state index is 0.180. The van der Waals surface area contributed by atoms with Crippen LogP contribution in [-0.2, 0) is 11.2 Å². The number of hydrogen-bond acceptors (Lipinski definition) is 3. The first-order valence-corrected chi connectivity index (χ1v) is 7.60. The maximum atomic E-state index is 12.5. The molecule has 0 unspecified atom stereocenters. The first-order valence-electron chi connectivity index (χ1n) is 7.60. The largest absolute Gasteiger partial charge is 0.507 e. The van der Waals surface area contributed by atoms with Gasteiger partial charge in [-0.25, -0.2) is 4.79 Å². The van der Waals surface area contributed by atoms with Gasteiger partial charge in [-0.2, -0.15) is 0 Å². The van der Waals surface area contributed by atoms with E-state index in [0.717, 1.165) is 28.7 Å². The van der Waals surface area contributed by atoms with Crippen LogP contribution in [0.15, 0.2) is 30.3 Å². The van der Waals surface area contributed by atoms with E-state index in [2.05, 4.69) is 0 Å². The fourth-order valence-corrected chi connectivity index (χ4v) is 2.89. The molecule has 0 bridgehead atoms. The second-order valence-electron chi connectivity index (χ2n) is 5.27. The third-order valence-electron chi connectivity index (χ3n) is 3.99. The molecule has 0 heterocycles. The molecule has 3 nitrogen and oxygen atoms in total. The van der Waals surface area contributed by atoms with Crippen LogP contribution in [0.3, 0.4) is 0 Å². The normalized spacial score (nSPS) is 10.5. The predicted octanol–water partition coefficient (Wildman–Crippen LogP) is 4.42. The zero-order chi connectivity index (χ0) is 16.3. The second kappa shape index (κ2) is 6.65. The number of ether oxygens (including phenoxy) is 1. The lowest BCUT2D eigenvalue weighted by atomic mass is 9.86. The van der Waals surface area contributed by atoms with E-state index < -0.39 is 0 Å². The summed E-state index contributed by atoms with van der Waals surface area (Å²) in [5, 5.41) is 10.4. The van der Waals surface area contributed by atoms with Gasteiger partial charge >= 0.3 is 5.97 Å². The van der Waals surface area contributed by atoms with Crippen molar-refractivity contribution in [2.45, 2.75) is 34.1 Å². The van der Waals surface area contributed by atoms with E-state index in [1.54, 1.807) is 13.8 Å². The fourth-order valence-electron chi connectivity index (χ4n) is 2.89. The molecule has 0 saturated heterocycles. The molecule has 22 heavy (non-hydrogen) atoms. The van der Waals surface area contributed by atoms with E-state index in [9.17, 15) is 9.90 Å². The molecule has 0 aliphatic carbocycles. The van der Waals surface area contributed by atoms with E-state index in [1.807, 2.05) is 44.2 Å². The topological polar surface area (TPSA) is 46.5 Å². The van der Waals surface area contributed by atoms with Crippen molar-refractivity contribution in [1.82, 2.24) is 0 Å². The van der Waals surface area contributed by atoms with Crippen LogP contribution in [0, 0.1) is 13.8 Å². The second-order valence-corrected chi connectivity index (χ2v) is 5.27. The van der Waals surface area contributed by atoms with Crippen LogP contribution in [0.1, 0.15) is 40.9 Å². The Morgan fingerprint density at radius 3 is 2.27 bits per heavy atom. The van der Waals surface area contributed by atoms with Gasteiger partial charge in [-0.3, -0.25) is 0 Å². The van der Waals surface area contributed by atoms with Crippen molar-refractivity contribution in [3.8, 4) is 16.9 Å². The van der Waals surface area contributed by atoms with Gasteiger partial charge in [0.05, 0.1) is 12.2 Å². The van der Waals surface area contributed by atoms with Gasteiger partial charge in [0, 0.05) is 11.1 Å². The lowest BCUT2D eigenvalue weighted by Gasteiger charge is -2.20. The summed E-state index contributed by atoms with van der Waals surface area (Å²) in [5.74, 6) is -0.205. The van der Waals surface area contributed by atoms with Crippen molar-refractivity contribution in [1.29, 1.82) is 0 Å². The van der Waals surface area contributed by atoms with E-state index >= 15 is 0 Å². The maximum absolute atomic E-state index is 12.5. The van der Waals surface area contributed by atoms with E-state index in [4.69, 9.17) is 4.74 Å². The maximum Gasteiger partial charge on any atom is 0.339 e. The molecule has 0 atom stereocenters. The van der Waals surface area contributed by atoms with Gasteiger partial charge in [0.15, 0.2) is 0 Å². The van der Waals surface area contributed by atoms with Crippen molar-refractivity contribution in [3.05, 3.63) is 52.6 Å². The van der Waals surface area contributed by atoms with E-state index in [1.165, 1.54) is 0 Å². The molecule has 0 radical (unpaired) electrons. The molecule has 0 amide bonds. The quantitative estimate of drug-likeness (QED) is 0.850. The highest BCUT2D eigenvalue weighted by molar-refractivity contribution is 6.01. The number of benzene rings is 2. The summed E-state index contributed by atoms with van der Waals surface area (Å²) in [4.78, 5) is 12.5. The number of phenolic OH excluding ortho intramolecular Hbond substituents is 1. The molecule has 2 aromatic rings. The van der Waals surface area contributed by atoms with Crippen molar-refractivity contribution >= 4 is 5.97 Å².